The average Bonchev–Trinajstić information content (AvgIpc) is 3.27. The van der Waals surface area contributed by atoms with Crippen molar-refractivity contribution in [2.45, 2.75) is 31.7 Å². The zero-order chi connectivity index (χ0) is 19.5. The van der Waals surface area contributed by atoms with Crippen LogP contribution >= 0.6 is 35.6 Å². The van der Waals surface area contributed by atoms with E-state index in [1.807, 2.05) is 0 Å². The van der Waals surface area contributed by atoms with Gasteiger partial charge in [0.2, 0.25) is 0 Å². The minimum Gasteiger partial charge on any atom is -0.379 e. The summed E-state index contributed by atoms with van der Waals surface area (Å²) in [5, 5.41) is 4.10. The Morgan fingerprint density at radius 1 is 1.31 bits per heavy atom. The van der Waals surface area contributed by atoms with Crippen molar-refractivity contribution in [2.75, 3.05) is 52.5 Å². The Labute approximate surface area is 195 Å². The standard InChI is InChI=1S/C21H30ClFN4O.HI/c1-2-24-21(25-19-12-16(19)20-17(22)4-3-5-18(20)23)27-7-6-15(14-27)13-26-8-10-28-11-9-26;/h3-5,15-16,19H,2,6-14H2,1H3,(H,24,25);1H. The van der Waals surface area contributed by atoms with Gasteiger partial charge in [0.25, 0.3) is 0 Å². The second-order valence-corrected chi connectivity index (χ2v) is 8.45. The van der Waals surface area contributed by atoms with Crippen LogP contribution in [-0.4, -0.2) is 74.3 Å². The van der Waals surface area contributed by atoms with E-state index in [-0.39, 0.29) is 41.8 Å². The first-order chi connectivity index (χ1) is 13.7. The molecule has 0 aromatic heterocycles. The Kier molecular flexibility index (Phi) is 8.41. The number of rotatable bonds is 5. The molecule has 8 heteroatoms. The lowest BCUT2D eigenvalue weighted by molar-refractivity contribution is 0.0315. The van der Waals surface area contributed by atoms with Gasteiger partial charge >= 0.3 is 0 Å². The fraction of sp³-hybridized carbons (Fsp3) is 0.667. The van der Waals surface area contributed by atoms with Gasteiger partial charge in [-0.3, -0.25) is 9.89 Å². The van der Waals surface area contributed by atoms with E-state index in [4.69, 9.17) is 21.3 Å². The van der Waals surface area contributed by atoms with Crippen LogP contribution in [-0.2, 0) is 4.74 Å². The zero-order valence-electron chi connectivity index (χ0n) is 16.9. The van der Waals surface area contributed by atoms with Gasteiger partial charge in [0.15, 0.2) is 5.96 Å². The summed E-state index contributed by atoms with van der Waals surface area (Å²) in [6.45, 7) is 9.77. The highest BCUT2D eigenvalue weighted by Gasteiger charge is 2.43. The van der Waals surface area contributed by atoms with E-state index in [9.17, 15) is 4.39 Å². The second kappa shape index (κ2) is 10.6. The zero-order valence-corrected chi connectivity index (χ0v) is 20.0. The fourth-order valence-electron chi connectivity index (χ4n) is 4.41. The number of nitrogens with zero attached hydrogens (tertiary/aromatic N) is 3. The summed E-state index contributed by atoms with van der Waals surface area (Å²) in [4.78, 5) is 9.59. The molecule has 2 saturated heterocycles. The molecule has 0 radical (unpaired) electrons. The summed E-state index contributed by atoms with van der Waals surface area (Å²) >= 11 is 6.24. The summed E-state index contributed by atoms with van der Waals surface area (Å²) < 4.78 is 19.7. The minimum atomic E-state index is -0.206. The number of hydrogen-bond acceptors (Lipinski definition) is 3. The van der Waals surface area contributed by atoms with Gasteiger partial charge in [0, 0.05) is 61.8 Å². The molecule has 2 heterocycles. The van der Waals surface area contributed by atoms with Crippen LogP contribution in [0.4, 0.5) is 4.39 Å². The number of morpholine rings is 1. The van der Waals surface area contributed by atoms with Crippen molar-refractivity contribution >= 4 is 41.5 Å². The van der Waals surface area contributed by atoms with Crippen molar-refractivity contribution in [3.8, 4) is 0 Å². The van der Waals surface area contributed by atoms with E-state index in [2.05, 4.69) is 22.0 Å². The van der Waals surface area contributed by atoms with Crippen molar-refractivity contribution in [1.82, 2.24) is 15.1 Å². The van der Waals surface area contributed by atoms with Crippen LogP contribution in [0.2, 0.25) is 5.02 Å². The van der Waals surface area contributed by atoms with Crippen LogP contribution in [0.3, 0.4) is 0 Å². The number of nitrogens with one attached hydrogen (secondary N) is 1. The molecule has 1 aromatic rings. The Bertz CT molecular complexity index is 696. The molecular formula is C21H31ClFIN4O. The molecule has 1 aliphatic carbocycles. The Morgan fingerprint density at radius 2 is 2.10 bits per heavy atom. The first-order valence-corrected chi connectivity index (χ1v) is 10.8. The number of ether oxygens (including phenoxy) is 1. The molecule has 3 atom stereocenters. The van der Waals surface area contributed by atoms with Crippen molar-refractivity contribution < 1.29 is 9.13 Å². The number of aliphatic imine (C=N–C) groups is 1. The number of guanidine groups is 1. The van der Waals surface area contributed by atoms with Crippen LogP contribution in [0.15, 0.2) is 23.2 Å². The lowest BCUT2D eigenvalue weighted by atomic mass is 10.1. The Hall–Kier alpha value is -0.640. The predicted molar refractivity (Wildman–Crippen MR) is 126 cm³/mol. The molecule has 5 nitrogen and oxygen atoms in total. The molecule has 1 saturated carbocycles. The predicted octanol–water partition coefficient (Wildman–Crippen LogP) is 3.57. The lowest BCUT2D eigenvalue weighted by Crippen LogP contribution is -2.43. The number of hydrogen-bond donors (Lipinski definition) is 1. The van der Waals surface area contributed by atoms with Gasteiger partial charge in [-0.25, -0.2) is 4.39 Å². The fourth-order valence-corrected chi connectivity index (χ4v) is 4.72. The number of benzene rings is 1. The van der Waals surface area contributed by atoms with Crippen molar-refractivity contribution in [3.05, 3.63) is 34.6 Å². The highest BCUT2D eigenvalue weighted by Crippen LogP contribution is 2.45. The Morgan fingerprint density at radius 3 is 2.83 bits per heavy atom. The maximum Gasteiger partial charge on any atom is 0.194 e. The van der Waals surface area contributed by atoms with Crippen molar-refractivity contribution in [1.29, 1.82) is 0 Å². The van der Waals surface area contributed by atoms with Crippen LogP contribution in [0.5, 0.6) is 0 Å². The topological polar surface area (TPSA) is 40.1 Å². The normalized spacial score (nSPS) is 27.6. The molecule has 29 heavy (non-hydrogen) atoms. The van der Waals surface area contributed by atoms with Crippen molar-refractivity contribution in [3.63, 3.8) is 0 Å². The van der Waals surface area contributed by atoms with Crippen LogP contribution in [0, 0.1) is 11.7 Å². The molecule has 1 aromatic carbocycles. The Balaban J connectivity index is 0.00000240. The molecule has 0 spiro atoms. The summed E-state index contributed by atoms with van der Waals surface area (Å²) in [7, 11) is 0. The minimum absolute atomic E-state index is 0. The van der Waals surface area contributed by atoms with Gasteiger partial charge < -0.3 is 15.0 Å². The first-order valence-electron chi connectivity index (χ1n) is 10.5. The van der Waals surface area contributed by atoms with E-state index >= 15 is 0 Å². The average molecular weight is 537 g/mol. The number of halogens is 3. The summed E-state index contributed by atoms with van der Waals surface area (Å²) in [6, 6.07) is 5.13. The van der Waals surface area contributed by atoms with E-state index in [0.717, 1.165) is 64.9 Å². The molecule has 3 fully saturated rings. The van der Waals surface area contributed by atoms with E-state index < -0.39 is 0 Å². The second-order valence-electron chi connectivity index (χ2n) is 8.04. The highest BCUT2D eigenvalue weighted by molar-refractivity contribution is 14.0. The molecule has 3 unspecified atom stereocenters. The smallest absolute Gasteiger partial charge is 0.194 e. The quantitative estimate of drug-likeness (QED) is 0.355. The third-order valence-electron chi connectivity index (χ3n) is 5.99. The largest absolute Gasteiger partial charge is 0.379 e. The molecular weight excluding hydrogens is 506 g/mol. The molecule has 2 aliphatic heterocycles. The molecule has 4 rings (SSSR count). The summed E-state index contributed by atoms with van der Waals surface area (Å²) in [5.41, 5.74) is 0.643. The van der Waals surface area contributed by atoms with Crippen LogP contribution < -0.4 is 5.32 Å². The van der Waals surface area contributed by atoms with E-state index in [1.54, 1.807) is 12.1 Å². The summed E-state index contributed by atoms with van der Waals surface area (Å²) in [5.74, 6) is 1.55. The monoisotopic (exact) mass is 536 g/mol. The third kappa shape index (κ3) is 5.74. The van der Waals surface area contributed by atoms with Gasteiger partial charge in [-0.1, -0.05) is 17.7 Å². The maximum absolute atomic E-state index is 14.2. The lowest BCUT2D eigenvalue weighted by Gasteiger charge is -2.29. The third-order valence-corrected chi connectivity index (χ3v) is 6.32. The van der Waals surface area contributed by atoms with Gasteiger partial charge in [-0.2, -0.15) is 0 Å². The molecule has 0 bridgehead atoms. The van der Waals surface area contributed by atoms with Crippen molar-refractivity contribution in [2.24, 2.45) is 10.9 Å². The van der Waals surface area contributed by atoms with Crippen LogP contribution in [0.1, 0.15) is 31.2 Å². The molecule has 162 valence electrons. The van der Waals surface area contributed by atoms with E-state index in [0.29, 0.717) is 16.5 Å². The van der Waals surface area contributed by atoms with Gasteiger partial charge in [0.1, 0.15) is 5.82 Å². The molecule has 1 N–H and O–H groups in total. The molecule has 0 amide bonds. The summed E-state index contributed by atoms with van der Waals surface area (Å²) in [6.07, 6.45) is 2.09. The highest BCUT2D eigenvalue weighted by atomic mass is 127. The van der Waals surface area contributed by atoms with Crippen LogP contribution in [0.25, 0.3) is 0 Å². The molecule has 3 aliphatic rings. The first kappa shape index (κ1) is 23.0. The number of likely N-dealkylation sites (tertiary alicyclic amines) is 1. The van der Waals surface area contributed by atoms with E-state index in [1.165, 1.54) is 12.5 Å². The van der Waals surface area contributed by atoms with Gasteiger partial charge in [-0.05, 0) is 37.8 Å². The van der Waals surface area contributed by atoms with Gasteiger partial charge in [0.05, 0.1) is 13.2 Å². The SMILES string of the molecule is CCN=C(NC1CC1c1c(F)cccc1Cl)N1CCC(CN2CCOCC2)C1.I. The maximum atomic E-state index is 14.2. The van der Waals surface area contributed by atoms with Gasteiger partial charge in [-0.15, -0.1) is 24.0 Å².